The van der Waals surface area contributed by atoms with Gasteiger partial charge in [-0.3, -0.25) is 4.79 Å². The first kappa shape index (κ1) is 18.0. The second-order valence-corrected chi connectivity index (χ2v) is 6.54. The van der Waals surface area contributed by atoms with Crippen LogP contribution in [-0.2, 0) is 6.54 Å². The summed E-state index contributed by atoms with van der Waals surface area (Å²) in [6, 6.07) is 17.0. The Kier molecular flexibility index (Phi) is 5.54. The molecule has 1 heterocycles. The number of hydrogen-bond donors (Lipinski definition) is 2. The number of anilines is 2. The molecule has 1 aromatic heterocycles. The third-order valence-electron chi connectivity index (χ3n) is 4.20. The molecule has 5 heteroatoms. The molecular weight excluding hydrogens is 346 g/mol. The third-order valence-corrected chi connectivity index (χ3v) is 4.57. The number of aryl methyl sites for hydroxylation is 2. The molecule has 0 fully saturated rings. The van der Waals surface area contributed by atoms with Crippen molar-refractivity contribution in [1.29, 1.82) is 0 Å². The minimum absolute atomic E-state index is 0.231. The van der Waals surface area contributed by atoms with Crippen LogP contribution in [0.25, 0.3) is 0 Å². The van der Waals surface area contributed by atoms with E-state index in [0.717, 1.165) is 27.5 Å². The first-order valence-electron chi connectivity index (χ1n) is 8.35. The molecule has 4 nitrogen and oxygen atoms in total. The van der Waals surface area contributed by atoms with Gasteiger partial charge in [0.25, 0.3) is 5.91 Å². The summed E-state index contributed by atoms with van der Waals surface area (Å²) in [6.45, 7) is 4.65. The Labute approximate surface area is 158 Å². The van der Waals surface area contributed by atoms with Gasteiger partial charge in [0, 0.05) is 17.3 Å². The van der Waals surface area contributed by atoms with Crippen LogP contribution in [0.3, 0.4) is 0 Å². The largest absolute Gasteiger partial charge is 0.380 e. The van der Waals surface area contributed by atoms with Crippen LogP contribution in [0.4, 0.5) is 11.4 Å². The zero-order valence-corrected chi connectivity index (χ0v) is 15.5. The Bertz CT molecular complexity index is 923. The standard InChI is InChI=1S/C21H20ClN3O/c1-14-7-8-17(11-15(14)2)25-21(26)20-10-9-18(13-24-20)23-12-16-5-3-4-6-19(16)22/h3-11,13,23H,12H2,1-2H3,(H,25,26). The first-order chi connectivity index (χ1) is 12.5. The van der Waals surface area contributed by atoms with E-state index in [2.05, 4.69) is 15.6 Å². The number of carbonyl (C=O) groups excluding carboxylic acids is 1. The van der Waals surface area contributed by atoms with E-state index < -0.39 is 0 Å². The summed E-state index contributed by atoms with van der Waals surface area (Å²) in [5.74, 6) is -0.231. The number of aromatic nitrogens is 1. The smallest absolute Gasteiger partial charge is 0.274 e. The van der Waals surface area contributed by atoms with E-state index >= 15 is 0 Å². The lowest BCUT2D eigenvalue weighted by molar-refractivity contribution is 0.102. The molecule has 0 aliphatic carbocycles. The summed E-state index contributed by atoms with van der Waals surface area (Å²) in [6.07, 6.45) is 1.64. The van der Waals surface area contributed by atoms with Gasteiger partial charge in [-0.1, -0.05) is 35.9 Å². The number of nitrogens with zero attached hydrogens (tertiary/aromatic N) is 1. The molecule has 3 aromatic rings. The molecule has 2 aromatic carbocycles. The molecule has 1 amide bonds. The first-order valence-corrected chi connectivity index (χ1v) is 8.72. The Balaban J connectivity index is 1.62. The van der Waals surface area contributed by atoms with Crippen LogP contribution in [-0.4, -0.2) is 10.9 Å². The highest BCUT2D eigenvalue weighted by molar-refractivity contribution is 6.31. The molecule has 26 heavy (non-hydrogen) atoms. The lowest BCUT2D eigenvalue weighted by atomic mass is 10.1. The van der Waals surface area contributed by atoms with Gasteiger partial charge in [0.1, 0.15) is 5.69 Å². The van der Waals surface area contributed by atoms with Gasteiger partial charge in [-0.25, -0.2) is 4.98 Å². The molecule has 0 saturated heterocycles. The molecule has 0 radical (unpaired) electrons. The molecule has 2 N–H and O–H groups in total. The van der Waals surface area contributed by atoms with E-state index in [1.807, 2.05) is 62.4 Å². The summed E-state index contributed by atoms with van der Waals surface area (Å²) in [7, 11) is 0. The number of pyridine rings is 1. The van der Waals surface area contributed by atoms with E-state index in [-0.39, 0.29) is 5.91 Å². The van der Waals surface area contributed by atoms with Gasteiger partial charge >= 0.3 is 0 Å². The average Bonchev–Trinajstić information content (AvgIpc) is 2.64. The number of amides is 1. The van der Waals surface area contributed by atoms with Gasteiger partial charge in [0.05, 0.1) is 11.9 Å². The molecule has 0 spiro atoms. The number of nitrogens with one attached hydrogen (secondary N) is 2. The summed E-state index contributed by atoms with van der Waals surface area (Å²) in [5.41, 5.74) is 5.29. The van der Waals surface area contributed by atoms with Crippen molar-refractivity contribution >= 4 is 28.9 Å². The highest BCUT2D eigenvalue weighted by atomic mass is 35.5. The zero-order chi connectivity index (χ0) is 18.5. The van der Waals surface area contributed by atoms with Crippen LogP contribution in [0, 0.1) is 13.8 Å². The average molecular weight is 366 g/mol. The highest BCUT2D eigenvalue weighted by Gasteiger charge is 2.08. The molecule has 0 bridgehead atoms. The number of rotatable bonds is 5. The molecular formula is C21H20ClN3O. The predicted molar refractivity (Wildman–Crippen MR) is 107 cm³/mol. The van der Waals surface area contributed by atoms with Crippen molar-refractivity contribution in [3.05, 3.63) is 88.2 Å². The van der Waals surface area contributed by atoms with Crippen molar-refractivity contribution in [2.45, 2.75) is 20.4 Å². The van der Waals surface area contributed by atoms with Crippen LogP contribution in [0.2, 0.25) is 5.02 Å². The van der Waals surface area contributed by atoms with E-state index in [9.17, 15) is 4.79 Å². The maximum atomic E-state index is 12.3. The molecule has 3 rings (SSSR count). The number of benzene rings is 2. The Morgan fingerprint density at radius 3 is 2.46 bits per heavy atom. The zero-order valence-electron chi connectivity index (χ0n) is 14.7. The van der Waals surface area contributed by atoms with Crippen molar-refractivity contribution in [2.24, 2.45) is 0 Å². The lowest BCUT2D eigenvalue weighted by Crippen LogP contribution is -2.14. The van der Waals surface area contributed by atoms with Gasteiger partial charge in [-0.05, 0) is 60.9 Å². The molecule has 0 unspecified atom stereocenters. The molecule has 0 atom stereocenters. The van der Waals surface area contributed by atoms with Crippen LogP contribution in [0.1, 0.15) is 27.2 Å². The number of hydrogen-bond acceptors (Lipinski definition) is 3. The third kappa shape index (κ3) is 4.41. The monoisotopic (exact) mass is 365 g/mol. The Morgan fingerprint density at radius 2 is 1.77 bits per heavy atom. The molecule has 0 aliphatic heterocycles. The Morgan fingerprint density at radius 1 is 1.00 bits per heavy atom. The van der Waals surface area contributed by atoms with Crippen LogP contribution in [0.5, 0.6) is 0 Å². The second kappa shape index (κ2) is 8.02. The second-order valence-electron chi connectivity index (χ2n) is 6.13. The van der Waals surface area contributed by atoms with Crippen LogP contribution < -0.4 is 10.6 Å². The van der Waals surface area contributed by atoms with Gasteiger partial charge in [0.15, 0.2) is 0 Å². The summed E-state index contributed by atoms with van der Waals surface area (Å²) >= 11 is 6.15. The van der Waals surface area contributed by atoms with Crippen LogP contribution >= 0.6 is 11.6 Å². The van der Waals surface area contributed by atoms with Crippen molar-refractivity contribution in [2.75, 3.05) is 10.6 Å². The fourth-order valence-corrected chi connectivity index (χ4v) is 2.69. The minimum Gasteiger partial charge on any atom is -0.380 e. The van der Waals surface area contributed by atoms with E-state index in [1.165, 1.54) is 5.56 Å². The molecule has 132 valence electrons. The van der Waals surface area contributed by atoms with Crippen molar-refractivity contribution in [1.82, 2.24) is 4.98 Å². The Hall–Kier alpha value is -2.85. The lowest BCUT2D eigenvalue weighted by Gasteiger charge is -2.09. The van der Waals surface area contributed by atoms with Crippen molar-refractivity contribution in [3.63, 3.8) is 0 Å². The van der Waals surface area contributed by atoms with Crippen LogP contribution in [0.15, 0.2) is 60.8 Å². The van der Waals surface area contributed by atoms with Gasteiger partial charge in [0.2, 0.25) is 0 Å². The van der Waals surface area contributed by atoms with E-state index in [4.69, 9.17) is 11.6 Å². The quantitative estimate of drug-likeness (QED) is 0.652. The normalized spacial score (nSPS) is 10.4. The highest BCUT2D eigenvalue weighted by Crippen LogP contribution is 2.18. The minimum atomic E-state index is -0.231. The number of carbonyl (C=O) groups is 1. The SMILES string of the molecule is Cc1ccc(NC(=O)c2ccc(NCc3ccccc3Cl)cn2)cc1C. The van der Waals surface area contributed by atoms with Crippen molar-refractivity contribution < 1.29 is 4.79 Å². The van der Waals surface area contributed by atoms with Gasteiger partial charge in [-0.2, -0.15) is 0 Å². The van der Waals surface area contributed by atoms with Gasteiger partial charge < -0.3 is 10.6 Å². The van der Waals surface area contributed by atoms with Crippen molar-refractivity contribution in [3.8, 4) is 0 Å². The fraction of sp³-hybridized carbons (Fsp3) is 0.143. The predicted octanol–water partition coefficient (Wildman–Crippen LogP) is 5.22. The topological polar surface area (TPSA) is 54.0 Å². The number of halogens is 1. The summed E-state index contributed by atoms with van der Waals surface area (Å²) in [5, 5.41) is 6.84. The molecule has 0 aliphatic rings. The maximum Gasteiger partial charge on any atom is 0.274 e. The van der Waals surface area contributed by atoms with E-state index in [0.29, 0.717) is 12.2 Å². The maximum absolute atomic E-state index is 12.3. The fourth-order valence-electron chi connectivity index (χ4n) is 2.49. The summed E-state index contributed by atoms with van der Waals surface area (Å²) < 4.78 is 0. The van der Waals surface area contributed by atoms with Gasteiger partial charge in [-0.15, -0.1) is 0 Å². The molecule has 0 saturated carbocycles. The van der Waals surface area contributed by atoms with E-state index in [1.54, 1.807) is 12.3 Å². The summed E-state index contributed by atoms with van der Waals surface area (Å²) in [4.78, 5) is 16.6.